The Bertz CT molecular complexity index is 599. The van der Waals surface area contributed by atoms with Gasteiger partial charge in [0.1, 0.15) is 5.69 Å². The second-order valence-electron chi connectivity index (χ2n) is 6.16. The molecule has 1 atom stereocenters. The molecule has 2 amide bonds. The maximum Gasteiger partial charge on any atom is 0.332 e. The lowest BCUT2D eigenvalue weighted by atomic mass is 9.73. The van der Waals surface area contributed by atoms with Crippen LogP contribution >= 0.6 is 0 Å². The summed E-state index contributed by atoms with van der Waals surface area (Å²) in [5.41, 5.74) is -2.18. The normalized spacial score (nSPS) is 22.8. The summed E-state index contributed by atoms with van der Waals surface area (Å²) in [4.78, 5) is 30.1. The van der Waals surface area contributed by atoms with Gasteiger partial charge in [0.25, 0.3) is 0 Å². The van der Waals surface area contributed by atoms with E-state index in [4.69, 9.17) is 0 Å². The van der Waals surface area contributed by atoms with Crippen LogP contribution in [0.3, 0.4) is 0 Å². The summed E-state index contributed by atoms with van der Waals surface area (Å²) in [5.74, 6) is -1.91. The van der Waals surface area contributed by atoms with Gasteiger partial charge in [-0.2, -0.15) is 4.39 Å². The molecule has 0 saturated carbocycles. The summed E-state index contributed by atoms with van der Waals surface area (Å²) in [6.07, 6.45) is 1.28. The van der Waals surface area contributed by atoms with Crippen LogP contribution < -0.4 is 4.90 Å². The van der Waals surface area contributed by atoms with Crippen molar-refractivity contribution in [3.05, 3.63) is 24.3 Å². The van der Waals surface area contributed by atoms with E-state index in [1.807, 2.05) is 0 Å². The van der Waals surface area contributed by atoms with Gasteiger partial charge in [0.2, 0.25) is 5.95 Å². The predicted octanol–water partition coefficient (Wildman–Crippen LogP) is 1.96. The van der Waals surface area contributed by atoms with E-state index < -0.39 is 28.9 Å². The van der Waals surface area contributed by atoms with E-state index in [2.05, 4.69) is 4.98 Å². The maximum atomic E-state index is 13.8. The maximum absolute atomic E-state index is 13.8. The summed E-state index contributed by atoms with van der Waals surface area (Å²) in [6.45, 7) is 5.10. The lowest BCUT2D eigenvalue weighted by Crippen LogP contribution is -2.60. The number of nitrogens with zero attached hydrogens (tertiary/aromatic N) is 3. The number of halogens is 1. The summed E-state index contributed by atoms with van der Waals surface area (Å²) in [7, 11) is 1.43. The van der Waals surface area contributed by atoms with Crippen molar-refractivity contribution in [1.82, 2.24) is 9.88 Å². The number of carbonyl (C=O) groups is 2. The van der Waals surface area contributed by atoms with Crippen LogP contribution in [0, 0.1) is 11.4 Å². The van der Waals surface area contributed by atoms with Crippen LogP contribution in [0.5, 0.6) is 0 Å². The molecule has 21 heavy (non-hydrogen) atoms. The number of anilines is 1. The van der Waals surface area contributed by atoms with Crippen LogP contribution in [0.15, 0.2) is 18.3 Å². The molecule has 1 aliphatic rings. The molecular formula is C14H18FN3O3. The van der Waals surface area contributed by atoms with Gasteiger partial charge in [-0.15, -0.1) is 0 Å². The first-order chi connectivity index (χ1) is 9.63. The van der Waals surface area contributed by atoms with E-state index in [-0.39, 0.29) is 12.2 Å². The third-order valence-corrected chi connectivity index (χ3v) is 4.10. The molecule has 1 saturated heterocycles. The van der Waals surface area contributed by atoms with Gasteiger partial charge in [0.05, 0.1) is 6.54 Å². The Hall–Kier alpha value is -2.18. The first-order valence-corrected chi connectivity index (χ1v) is 6.52. The molecule has 1 aromatic rings. The van der Waals surface area contributed by atoms with Crippen LogP contribution in [-0.4, -0.2) is 46.1 Å². The van der Waals surface area contributed by atoms with Crippen LogP contribution in [0.2, 0.25) is 0 Å². The Labute approximate surface area is 122 Å². The van der Waals surface area contributed by atoms with Crippen LogP contribution in [0.25, 0.3) is 0 Å². The van der Waals surface area contributed by atoms with Gasteiger partial charge >= 0.3 is 12.0 Å². The minimum absolute atomic E-state index is 0.0123. The van der Waals surface area contributed by atoms with Gasteiger partial charge in [0.15, 0.2) is 5.54 Å². The molecule has 1 N–H and O–H groups in total. The molecule has 0 aromatic carbocycles. The molecule has 1 aromatic heterocycles. The van der Waals surface area contributed by atoms with E-state index in [1.54, 1.807) is 20.8 Å². The van der Waals surface area contributed by atoms with Crippen molar-refractivity contribution in [3.8, 4) is 0 Å². The van der Waals surface area contributed by atoms with Crippen molar-refractivity contribution in [2.75, 3.05) is 18.5 Å². The number of carbonyl (C=O) groups excluding carboxylic acids is 1. The van der Waals surface area contributed by atoms with Crippen molar-refractivity contribution in [2.24, 2.45) is 5.41 Å². The number of pyridine rings is 1. The van der Waals surface area contributed by atoms with Crippen molar-refractivity contribution in [2.45, 2.75) is 26.3 Å². The minimum atomic E-state index is -1.44. The van der Waals surface area contributed by atoms with E-state index >= 15 is 0 Å². The number of rotatable bonds is 2. The summed E-state index contributed by atoms with van der Waals surface area (Å²) < 4.78 is 13.8. The number of aliphatic carboxylic acids is 1. The molecule has 2 rings (SSSR count). The highest BCUT2D eigenvalue weighted by Gasteiger charge is 2.60. The Balaban J connectivity index is 2.55. The summed E-state index contributed by atoms with van der Waals surface area (Å²) in [6, 6.07) is 2.36. The molecule has 0 spiro atoms. The molecular weight excluding hydrogens is 277 g/mol. The van der Waals surface area contributed by atoms with E-state index in [9.17, 15) is 19.1 Å². The second kappa shape index (κ2) is 4.68. The Morgan fingerprint density at radius 1 is 1.48 bits per heavy atom. The first-order valence-electron chi connectivity index (χ1n) is 6.52. The third kappa shape index (κ3) is 2.03. The Morgan fingerprint density at radius 2 is 2.10 bits per heavy atom. The molecule has 1 fully saturated rings. The number of likely N-dealkylation sites (N-methyl/N-ethyl adjacent to an activating group) is 1. The van der Waals surface area contributed by atoms with E-state index in [1.165, 1.54) is 30.3 Å². The number of carboxylic acids is 1. The van der Waals surface area contributed by atoms with Gasteiger partial charge < -0.3 is 10.0 Å². The molecule has 7 heteroatoms. The standard InChI is InChI=1S/C14H18FN3O3/c1-13(2,3)14(11(19)20)8-18(12(21)17(14)4)9-6-5-7-16-10(9)15/h5-7H,8H2,1-4H3,(H,19,20)/t14-/m0/s1. The van der Waals surface area contributed by atoms with Gasteiger partial charge in [-0.25, -0.2) is 14.6 Å². The average molecular weight is 295 g/mol. The average Bonchev–Trinajstić information content (AvgIpc) is 2.64. The molecule has 1 aliphatic heterocycles. The first kappa shape index (κ1) is 15.2. The van der Waals surface area contributed by atoms with Crippen molar-refractivity contribution in [1.29, 1.82) is 0 Å². The molecule has 114 valence electrons. The lowest BCUT2D eigenvalue weighted by molar-refractivity contribution is -0.153. The molecule has 6 nitrogen and oxygen atoms in total. The van der Waals surface area contributed by atoms with Crippen molar-refractivity contribution in [3.63, 3.8) is 0 Å². The zero-order valence-electron chi connectivity index (χ0n) is 12.4. The number of carboxylic acid groups (broad SMARTS) is 1. The minimum Gasteiger partial charge on any atom is -0.479 e. The number of aromatic nitrogens is 1. The molecule has 0 unspecified atom stereocenters. The zero-order valence-corrected chi connectivity index (χ0v) is 12.4. The number of amides is 2. The molecule has 2 heterocycles. The van der Waals surface area contributed by atoms with Crippen molar-refractivity contribution >= 4 is 17.7 Å². The zero-order chi connectivity index (χ0) is 16.0. The molecule has 0 aliphatic carbocycles. The van der Waals surface area contributed by atoms with Gasteiger partial charge in [0, 0.05) is 13.2 Å². The Morgan fingerprint density at radius 3 is 2.52 bits per heavy atom. The smallest absolute Gasteiger partial charge is 0.332 e. The highest BCUT2D eigenvalue weighted by atomic mass is 19.1. The number of hydrogen-bond acceptors (Lipinski definition) is 3. The molecule has 0 bridgehead atoms. The van der Waals surface area contributed by atoms with Crippen LogP contribution in [-0.2, 0) is 4.79 Å². The quantitative estimate of drug-likeness (QED) is 0.846. The Kier molecular flexibility index (Phi) is 3.39. The van der Waals surface area contributed by atoms with E-state index in [0.29, 0.717) is 0 Å². The highest BCUT2D eigenvalue weighted by Crippen LogP contribution is 2.42. The van der Waals surface area contributed by atoms with Crippen molar-refractivity contribution < 1.29 is 19.1 Å². The van der Waals surface area contributed by atoms with Gasteiger partial charge in [-0.05, 0) is 17.5 Å². The fourth-order valence-corrected chi connectivity index (χ4v) is 2.79. The van der Waals surface area contributed by atoms with Crippen LogP contribution in [0.1, 0.15) is 20.8 Å². The fourth-order valence-electron chi connectivity index (χ4n) is 2.79. The molecule has 0 radical (unpaired) electrons. The summed E-state index contributed by atoms with van der Waals surface area (Å²) >= 11 is 0. The number of hydrogen-bond donors (Lipinski definition) is 1. The van der Waals surface area contributed by atoms with E-state index in [0.717, 1.165) is 4.90 Å². The topological polar surface area (TPSA) is 73.7 Å². The number of urea groups is 1. The third-order valence-electron chi connectivity index (χ3n) is 4.10. The highest BCUT2D eigenvalue weighted by molar-refractivity contribution is 6.01. The van der Waals surface area contributed by atoms with Gasteiger partial charge in [-0.3, -0.25) is 4.90 Å². The summed E-state index contributed by atoms with van der Waals surface area (Å²) in [5, 5.41) is 9.69. The second-order valence-corrected chi connectivity index (χ2v) is 6.16. The lowest BCUT2D eigenvalue weighted by Gasteiger charge is -2.41. The van der Waals surface area contributed by atoms with Gasteiger partial charge in [-0.1, -0.05) is 20.8 Å². The largest absolute Gasteiger partial charge is 0.479 e. The SMILES string of the molecule is CN1C(=O)N(c2cccnc2F)C[C@]1(C(=O)O)C(C)(C)C. The van der Waals surface area contributed by atoms with Crippen LogP contribution in [0.4, 0.5) is 14.9 Å². The predicted molar refractivity (Wildman–Crippen MR) is 74.5 cm³/mol. The fraction of sp³-hybridized carbons (Fsp3) is 0.500. The monoisotopic (exact) mass is 295 g/mol.